The van der Waals surface area contributed by atoms with Gasteiger partial charge in [0.15, 0.2) is 5.60 Å². The van der Waals surface area contributed by atoms with Crippen LogP contribution in [0, 0.1) is 17.8 Å². The molecule has 6 nitrogen and oxygen atoms in total. The van der Waals surface area contributed by atoms with Gasteiger partial charge in [-0.1, -0.05) is 6.92 Å². The number of rotatable bonds is 3. The second-order valence-electron chi connectivity index (χ2n) is 5.63. The first kappa shape index (κ1) is 13.0. The Balaban J connectivity index is 2.15. The highest BCUT2D eigenvalue weighted by Gasteiger charge is 2.53. The van der Waals surface area contributed by atoms with Crippen LogP contribution in [0.5, 0.6) is 0 Å². The number of hydrogen-bond acceptors (Lipinski definition) is 4. The van der Waals surface area contributed by atoms with Gasteiger partial charge in [0.1, 0.15) is 0 Å². The van der Waals surface area contributed by atoms with E-state index in [0.29, 0.717) is 18.8 Å². The van der Waals surface area contributed by atoms with Crippen LogP contribution in [-0.4, -0.2) is 45.0 Å². The molecule has 0 aromatic rings. The summed E-state index contributed by atoms with van der Waals surface area (Å²) in [5.74, 6) is -2.41. The second kappa shape index (κ2) is 4.05. The molecule has 1 aliphatic heterocycles. The van der Waals surface area contributed by atoms with E-state index in [9.17, 15) is 19.5 Å². The Morgan fingerprint density at radius 3 is 2.17 bits per heavy atom. The summed E-state index contributed by atoms with van der Waals surface area (Å²) in [5.41, 5.74) is -2.09. The summed E-state index contributed by atoms with van der Waals surface area (Å²) in [5, 5.41) is 18.5. The molecule has 0 aromatic carbocycles. The highest BCUT2D eigenvalue weighted by atomic mass is 16.4. The summed E-state index contributed by atoms with van der Waals surface area (Å²) in [6.07, 6.45) is 1.34. The largest absolute Gasteiger partial charge is 0.479 e. The minimum Gasteiger partial charge on any atom is -0.479 e. The van der Waals surface area contributed by atoms with Crippen LogP contribution in [0.3, 0.4) is 0 Å². The van der Waals surface area contributed by atoms with Gasteiger partial charge in [0.25, 0.3) is 0 Å². The van der Waals surface area contributed by atoms with Crippen molar-refractivity contribution in [1.29, 1.82) is 0 Å². The molecule has 3 unspecified atom stereocenters. The topological polar surface area (TPSA) is 94.9 Å². The normalized spacial score (nSPS) is 34.6. The smallest absolute Gasteiger partial charge is 0.337 e. The average Bonchev–Trinajstić information content (AvgIpc) is 2.73. The molecule has 2 aliphatic rings. The number of carboxylic acids is 1. The fraction of sp³-hybridized carbons (Fsp3) is 0.750. The van der Waals surface area contributed by atoms with Crippen molar-refractivity contribution in [3.8, 4) is 0 Å². The van der Waals surface area contributed by atoms with Crippen molar-refractivity contribution in [1.82, 2.24) is 4.90 Å². The van der Waals surface area contributed by atoms with Crippen LogP contribution >= 0.6 is 0 Å². The molecule has 100 valence electrons. The molecule has 0 bridgehead atoms. The molecule has 1 heterocycles. The number of carbonyl (C=O) groups is 3. The van der Waals surface area contributed by atoms with E-state index in [1.165, 1.54) is 0 Å². The van der Waals surface area contributed by atoms with Crippen LogP contribution in [0.4, 0.5) is 0 Å². The highest BCUT2D eigenvalue weighted by molar-refractivity contribution is 6.06. The fourth-order valence-electron chi connectivity index (χ4n) is 2.88. The molecule has 18 heavy (non-hydrogen) atoms. The lowest BCUT2D eigenvalue weighted by Crippen LogP contribution is -2.49. The number of likely N-dealkylation sites (tertiary alicyclic amines) is 1. The van der Waals surface area contributed by atoms with Gasteiger partial charge in [-0.2, -0.15) is 0 Å². The van der Waals surface area contributed by atoms with Crippen LogP contribution in [-0.2, 0) is 14.4 Å². The zero-order valence-electron chi connectivity index (χ0n) is 10.4. The number of hydrogen-bond donors (Lipinski definition) is 2. The van der Waals surface area contributed by atoms with Crippen LogP contribution in [0.1, 0.15) is 26.7 Å². The summed E-state index contributed by atoms with van der Waals surface area (Å²) in [4.78, 5) is 35.8. The number of aliphatic hydroxyl groups is 1. The Hall–Kier alpha value is -1.43. The Labute approximate surface area is 105 Å². The van der Waals surface area contributed by atoms with Crippen molar-refractivity contribution in [3.63, 3.8) is 0 Å². The Morgan fingerprint density at radius 1 is 1.33 bits per heavy atom. The van der Waals surface area contributed by atoms with E-state index in [2.05, 4.69) is 0 Å². The predicted molar refractivity (Wildman–Crippen MR) is 60.4 cm³/mol. The Morgan fingerprint density at radius 2 is 1.78 bits per heavy atom. The number of β-amino-alcohol motifs (C(OH)–C–C–N with tert-alkyl or cyclic N) is 1. The van der Waals surface area contributed by atoms with Crippen LogP contribution < -0.4 is 0 Å². The number of carbonyl (C=O) groups excluding carboxylic acids is 2. The number of carboxylic acid groups (broad SMARTS) is 1. The van der Waals surface area contributed by atoms with Gasteiger partial charge in [-0.3, -0.25) is 14.5 Å². The Kier molecular flexibility index (Phi) is 2.93. The van der Waals surface area contributed by atoms with Gasteiger partial charge in [0.2, 0.25) is 11.8 Å². The molecule has 0 radical (unpaired) electrons. The Bertz CT molecular complexity index is 393. The van der Waals surface area contributed by atoms with E-state index in [0.717, 1.165) is 11.8 Å². The molecule has 0 spiro atoms. The molecule has 2 fully saturated rings. The van der Waals surface area contributed by atoms with Crippen LogP contribution in [0.2, 0.25) is 0 Å². The zero-order chi connectivity index (χ0) is 13.7. The minimum absolute atomic E-state index is 0.322. The minimum atomic E-state index is -2.09. The first-order valence-electron chi connectivity index (χ1n) is 6.05. The maximum Gasteiger partial charge on any atom is 0.337 e. The third-order valence-corrected chi connectivity index (χ3v) is 3.89. The first-order valence-corrected chi connectivity index (χ1v) is 6.05. The van der Waals surface area contributed by atoms with Crippen molar-refractivity contribution in [2.75, 3.05) is 6.54 Å². The van der Waals surface area contributed by atoms with Gasteiger partial charge in [0, 0.05) is 0 Å². The summed E-state index contributed by atoms with van der Waals surface area (Å²) >= 11 is 0. The van der Waals surface area contributed by atoms with E-state index < -0.39 is 18.1 Å². The number of nitrogens with zero attached hydrogens (tertiary/aromatic N) is 1. The lowest BCUT2D eigenvalue weighted by molar-refractivity contribution is -0.161. The average molecular weight is 255 g/mol. The predicted octanol–water partition coefficient (Wildman–Crippen LogP) is -0.147. The zero-order valence-corrected chi connectivity index (χ0v) is 10.4. The van der Waals surface area contributed by atoms with Crippen molar-refractivity contribution < 1.29 is 24.6 Å². The molecule has 1 saturated carbocycles. The molecule has 1 aliphatic carbocycles. The quantitative estimate of drug-likeness (QED) is 0.684. The standard InChI is InChI=1S/C12H17NO5/c1-6-3-7-8(4-6)10(15)13(9(7)14)5-12(2,18)11(16)17/h6-8,18H,3-5H2,1-2H3,(H,16,17). The summed E-state index contributed by atoms with van der Waals surface area (Å²) in [7, 11) is 0. The van der Waals surface area contributed by atoms with Crippen molar-refractivity contribution in [3.05, 3.63) is 0 Å². The second-order valence-corrected chi connectivity index (χ2v) is 5.63. The maximum absolute atomic E-state index is 12.0. The third-order valence-electron chi connectivity index (χ3n) is 3.89. The first-order chi connectivity index (χ1) is 8.24. The fourth-order valence-corrected chi connectivity index (χ4v) is 2.88. The van der Waals surface area contributed by atoms with Crippen molar-refractivity contribution in [2.24, 2.45) is 17.8 Å². The summed E-state index contributed by atoms with van der Waals surface area (Å²) in [6.45, 7) is 2.62. The molecule has 3 atom stereocenters. The third kappa shape index (κ3) is 1.90. The summed E-state index contributed by atoms with van der Waals surface area (Å²) in [6, 6.07) is 0. The molecular weight excluding hydrogens is 238 g/mol. The van der Waals surface area contributed by atoms with E-state index in [-0.39, 0.29) is 23.7 Å². The highest BCUT2D eigenvalue weighted by Crippen LogP contribution is 2.43. The number of imide groups is 1. The lowest BCUT2D eigenvalue weighted by Gasteiger charge is -2.24. The van der Waals surface area contributed by atoms with Gasteiger partial charge in [0.05, 0.1) is 18.4 Å². The molecule has 2 rings (SSSR count). The molecule has 2 N–H and O–H groups in total. The van der Waals surface area contributed by atoms with Crippen molar-refractivity contribution in [2.45, 2.75) is 32.3 Å². The molecule has 2 amide bonds. The van der Waals surface area contributed by atoms with Crippen molar-refractivity contribution >= 4 is 17.8 Å². The molecule has 6 heteroatoms. The van der Waals surface area contributed by atoms with E-state index >= 15 is 0 Å². The molecule has 0 aromatic heterocycles. The number of aliphatic carboxylic acids is 1. The maximum atomic E-state index is 12.0. The monoisotopic (exact) mass is 255 g/mol. The lowest BCUT2D eigenvalue weighted by atomic mass is 10.00. The van der Waals surface area contributed by atoms with Gasteiger partial charge in [-0.15, -0.1) is 0 Å². The van der Waals surface area contributed by atoms with Crippen LogP contribution in [0.15, 0.2) is 0 Å². The number of amides is 2. The van der Waals surface area contributed by atoms with Gasteiger partial charge >= 0.3 is 5.97 Å². The van der Waals surface area contributed by atoms with E-state index in [4.69, 9.17) is 5.11 Å². The van der Waals surface area contributed by atoms with E-state index in [1.807, 2.05) is 6.92 Å². The number of fused-ring (bicyclic) bond motifs is 1. The SMILES string of the molecule is CC1CC2C(=O)N(CC(C)(O)C(=O)O)C(=O)C2C1. The molecule has 1 saturated heterocycles. The van der Waals surface area contributed by atoms with Gasteiger partial charge in [-0.25, -0.2) is 4.79 Å². The van der Waals surface area contributed by atoms with Gasteiger partial charge in [-0.05, 0) is 25.7 Å². The van der Waals surface area contributed by atoms with Crippen LogP contribution in [0.25, 0.3) is 0 Å². The molecular formula is C12H17NO5. The van der Waals surface area contributed by atoms with Gasteiger partial charge < -0.3 is 10.2 Å². The van der Waals surface area contributed by atoms with E-state index in [1.54, 1.807) is 0 Å². The summed E-state index contributed by atoms with van der Waals surface area (Å²) < 4.78 is 0.